The van der Waals surface area contributed by atoms with Gasteiger partial charge in [0.05, 0.1) is 18.7 Å². The molecule has 2 N–H and O–H groups in total. The summed E-state index contributed by atoms with van der Waals surface area (Å²) < 4.78 is 5.18. The van der Waals surface area contributed by atoms with Gasteiger partial charge in [0.2, 0.25) is 0 Å². The molecule has 1 amide bonds. The van der Waals surface area contributed by atoms with E-state index < -0.39 is 17.7 Å². The molecule has 0 radical (unpaired) electrons. The summed E-state index contributed by atoms with van der Waals surface area (Å²) in [5, 5.41) is 14.1. The average molecular weight is 459 g/mol. The van der Waals surface area contributed by atoms with Gasteiger partial charge < -0.3 is 19.7 Å². The van der Waals surface area contributed by atoms with Crippen molar-refractivity contribution in [3.8, 4) is 5.75 Å². The van der Waals surface area contributed by atoms with Crippen LogP contribution in [-0.2, 0) is 16.0 Å². The van der Waals surface area contributed by atoms with Crippen molar-refractivity contribution in [1.82, 2.24) is 9.88 Å². The van der Waals surface area contributed by atoms with Gasteiger partial charge in [0.1, 0.15) is 11.5 Å². The van der Waals surface area contributed by atoms with Gasteiger partial charge in [0.25, 0.3) is 11.7 Å². The molecule has 4 aromatic rings. The van der Waals surface area contributed by atoms with Crippen LogP contribution >= 0.6 is 11.3 Å². The van der Waals surface area contributed by atoms with Crippen molar-refractivity contribution < 1.29 is 19.4 Å². The fourth-order valence-electron chi connectivity index (χ4n) is 4.34. The molecule has 3 heterocycles. The molecular formula is C26H22N2O4S. The standard InChI is InChI=1S/C26H22N2O4S/c1-32-18-10-8-16(9-11-18)24(29)22-23(21-7-4-14-33-21)28(26(31)25(22)30)13-12-17-15-27-20-6-3-2-5-19(17)20/h2-11,14-15,23,27,29H,12-13H2,1H3/b24-22-. The van der Waals surface area contributed by atoms with Crippen molar-refractivity contribution in [1.29, 1.82) is 0 Å². The first kappa shape index (κ1) is 21.0. The maximum absolute atomic E-state index is 13.1. The third-order valence-corrected chi connectivity index (χ3v) is 6.94. The Hall–Kier alpha value is -3.84. The Kier molecular flexibility index (Phi) is 5.48. The lowest BCUT2D eigenvalue weighted by molar-refractivity contribution is -0.139. The molecule has 1 atom stereocenters. The molecule has 1 aliphatic rings. The number of methoxy groups -OCH3 is 1. The third-order valence-electron chi connectivity index (χ3n) is 6.01. The van der Waals surface area contributed by atoms with Crippen LogP contribution < -0.4 is 4.74 Å². The molecule has 6 nitrogen and oxygen atoms in total. The number of amides is 1. The molecule has 0 saturated carbocycles. The van der Waals surface area contributed by atoms with Gasteiger partial charge in [-0.15, -0.1) is 11.3 Å². The van der Waals surface area contributed by atoms with E-state index in [1.807, 2.05) is 48.0 Å². The fourth-order valence-corrected chi connectivity index (χ4v) is 5.18. The number of aromatic amines is 1. The number of carbonyl (C=O) groups is 2. The lowest BCUT2D eigenvalue weighted by atomic mass is 9.99. The number of ether oxygens (including phenoxy) is 1. The molecule has 33 heavy (non-hydrogen) atoms. The number of benzene rings is 2. The van der Waals surface area contributed by atoms with Gasteiger partial charge in [-0.2, -0.15) is 0 Å². The third kappa shape index (κ3) is 3.70. The van der Waals surface area contributed by atoms with E-state index in [9.17, 15) is 14.7 Å². The van der Waals surface area contributed by atoms with E-state index in [-0.39, 0.29) is 11.3 Å². The molecule has 1 aliphatic heterocycles. The van der Waals surface area contributed by atoms with Crippen LogP contribution in [0.1, 0.15) is 22.0 Å². The van der Waals surface area contributed by atoms with Crippen molar-refractivity contribution in [3.05, 3.63) is 93.8 Å². The topological polar surface area (TPSA) is 82.6 Å². The molecule has 2 aromatic heterocycles. The Morgan fingerprint density at radius 1 is 1.09 bits per heavy atom. The SMILES string of the molecule is COc1ccc(/C(O)=C2/C(=O)C(=O)N(CCc3c[nH]c4ccccc34)C2c2cccs2)cc1. The van der Waals surface area contributed by atoms with Crippen LogP contribution in [-0.4, -0.2) is 40.3 Å². The number of fused-ring (bicyclic) bond motifs is 1. The summed E-state index contributed by atoms with van der Waals surface area (Å²) in [6.45, 7) is 0.356. The maximum atomic E-state index is 13.1. The first-order chi connectivity index (χ1) is 16.1. The molecule has 5 rings (SSSR count). The Morgan fingerprint density at radius 3 is 2.61 bits per heavy atom. The lowest BCUT2D eigenvalue weighted by Crippen LogP contribution is -2.31. The number of aliphatic hydroxyl groups excluding tert-OH is 1. The van der Waals surface area contributed by atoms with E-state index in [2.05, 4.69) is 4.98 Å². The van der Waals surface area contributed by atoms with Gasteiger partial charge in [0, 0.05) is 34.1 Å². The monoisotopic (exact) mass is 458 g/mol. The first-order valence-corrected chi connectivity index (χ1v) is 11.5. The predicted octanol–water partition coefficient (Wildman–Crippen LogP) is 4.90. The van der Waals surface area contributed by atoms with Crippen LogP contribution in [0, 0.1) is 0 Å². The van der Waals surface area contributed by atoms with E-state index in [1.54, 1.807) is 36.3 Å². The van der Waals surface area contributed by atoms with Crippen LogP contribution in [0.15, 0.2) is 77.8 Å². The van der Waals surface area contributed by atoms with Gasteiger partial charge in [-0.1, -0.05) is 24.3 Å². The van der Waals surface area contributed by atoms with Gasteiger partial charge >= 0.3 is 0 Å². The van der Waals surface area contributed by atoms with E-state index >= 15 is 0 Å². The predicted molar refractivity (Wildman–Crippen MR) is 128 cm³/mol. The Labute approximate surface area is 194 Å². The molecule has 1 saturated heterocycles. The van der Waals surface area contributed by atoms with Crippen molar-refractivity contribution in [3.63, 3.8) is 0 Å². The van der Waals surface area contributed by atoms with Crippen molar-refractivity contribution in [2.75, 3.05) is 13.7 Å². The molecule has 166 valence electrons. The van der Waals surface area contributed by atoms with Crippen molar-refractivity contribution in [2.45, 2.75) is 12.5 Å². The molecule has 0 bridgehead atoms. The van der Waals surface area contributed by atoms with E-state index in [0.29, 0.717) is 24.3 Å². The number of para-hydroxylation sites is 1. The highest BCUT2D eigenvalue weighted by atomic mass is 32.1. The smallest absolute Gasteiger partial charge is 0.295 e. The summed E-state index contributed by atoms with van der Waals surface area (Å²) >= 11 is 1.46. The molecule has 1 fully saturated rings. The van der Waals surface area contributed by atoms with Gasteiger partial charge in [0.15, 0.2) is 0 Å². The Balaban J connectivity index is 1.52. The highest BCUT2D eigenvalue weighted by Gasteiger charge is 2.46. The van der Waals surface area contributed by atoms with Crippen LogP contribution in [0.3, 0.4) is 0 Å². The van der Waals surface area contributed by atoms with E-state index in [4.69, 9.17) is 4.74 Å². The van der Waals surface area contributed by atoms with Crippen molar-refractivity contribution in [2.24, 2.45) is 0 Å². The zero-order chi connectivity index (χ0) is 22.9. The van der Waals surface area contributed by atoms with Crippen LogP contribution in [0.4, 0.5) is 0 Å². The second-order valence-corrected chi connectivity index (χ2v) is 8.83. The summed E-state index contributed by atoms with van der Waals surface area (Å²) in [5.74, 6) is -0.798. The molecular weight excluding hydrogens is 436 g/mol. The number of hydrogen-bond acceptors (Lipinski definition) is 5. The quantitative estimate of drug-likeness (QED) is 0.245. The highest BCUT2D eigenvalue weighted by Crippen LogP contribution is 2.41. The largest absolute Gasteiger partial charge is 0.507 e. The molecule has 2 aromatic carbocycles. The zero-order valence-electron chi connectivity index (χ0n) is 17.9. The number of likely N-dealkylation sites (tertiary alicyclic amines) is 1. The average Bonchev–Trinajstić information content (AvgIpc) is 3.57. The number of aromatic nitrogens is 1. The number of aliphatic hydroxyl groups is 1. The summed E-state index contributed by atoms with van der Waals surface area (Å²) in [4.78, 5) is 31.8. The molecule has 1 unspecified atom stereocenters. The fraction of sp³-hybridized carbons (Fsp3) is 0.154. The van der Waals surface area contributed by atoms with Gasteiger partial charge in [-0.25, -0.2) is 0 Å². The number of ketones is 1. The lowest BCUT2D eigenvalue weighted by Gasteiger charge is -2.24. The van der Waals surface area contributed by atoms with Gasteiger partial charge in [-0.05, 0) is 53.8 Å². The second-order valence-electron chi connectivity index (χ2n) is 7.85. The summed E-state index contributed by atoms with van der Waals surface area (Å²) in [6, 6.07) is 17.9. The Morgan fingerprint density at radius 2 is 1.88 bits per heavy atom. The molecule has 0 spiro atoms. The van der Waals surface area contributed by atoms with Gasteiger partial charge in [-0.3, -0.25) is 9.59 Å². The van der Waals surface area contributed by atoms with E-state index in [0.717, 1.165) is 21.3 Å². The highest BCUT2D eigenvalue weighted by molar-refractivity contribution is 7.10. The molecule has 0 aliphatic carbocycles. The number of nitrogens with zero attached hydrogens (tertiary/aromatic N) is 1. The number of nitrogens with one attached hydrogen (secondary N) is 1. The summed E-state index contributed by atoms with van der Waals surface area (Å²) in [5.41, 5.74) is 2.69. The van der Waals surface area contributed by atoms with Crippen LogP contribution in [0.5, 0.6) is 5.75 Å². The minimum absolute atomic E-state index is 0.117. The second kappa shape index (κ2) is 8.60. The van der Waals surface area contributed by atoms with E-state index in [1.165, 1.54) is 11.3 Å². The number of hydrogen-bond donors (Lipinski definition) is 2. The maximum Gasteiger partial charge on any atom is 0.295 e. The summed E-state index contributed by atoms with van der Waals surface area (Å²) in [6.07, 6.45) is 2.53. The number of thiophene rings is 1. The van der Waals surface area contributed by atoms with Crippen LogP contribution in [0.25, 0.3) is 16.7 Å². The Bertz CT molecular complexity index is 1350. The minimum atomic E-state index is -0.666. The number of H-pyrrole nitrogens is 1. The number of Topliss-reactive ketones (excluding diaryl/α,β-unsaturated/α-hetero) is 1. The minimum Gasteiger partial charge on any atom is -0.507 e. The van der Waals surface area contributed by atoms with Crippen molar-refractivity contribution >= 4 is 39.7 Å². The first-order valence-electron chi connectivity index (χ1n) is 10.6. The van der Waals surface area contributed by atoms with Crippen LogP contribution in [0.2, 0.25) is 0 Å². The molecule has 7 heteroatoms. The zero-order valence-corrected chi connectivity index (χ0v) is 18.8. The number of rotatable bonds is 6. The summed E-state index contributed by atoms with van der Waals surface area (Å²) in [7, 11) is 1.56. The number of carbonyl (C=O) groups excluding carboxylic acids is 2. The normalized spacial score (nSPS) is 17.7.